The Morgan fingerprint density at radius 1 is 1.03 bits per heavy atom. The second-order valence-electron chi connectivity index (χ2n) is 7.18. The normalized spacial score (nSPS) is 11.7. The first-order valence-corrected chi connectivity index (χ1v) is 10.2. The molecule has 10 heteroatoms. The van der Waals surface area contributed by atoms with Gasteiger partial charge in [0.15, 0.2) is 0 Å². The molecule has 0 bridgehead atoms. The van der Waals surface area contributed by atoms with Gasteiger partial charge in [0.2, 0.25) is 0 Å². The van der Waals surface area contributed by atoms with Gasteiger partial charge in [-0.3, -0.25) is 14.7 Å². The van der Waals surface area contributed by atoms with E-state index in [1.54, 1.807) is 30.3 Å². The number of fused-ring (bicyclic) bond motifs is 3. The van der Waals surface area contributed by atoms with Crippen LogP contribution in [-0.2, 0) is 6.61 Å². The summed E-state index contributed by atoms with van der Waals surface area (Å²) in [5, 5.41) is 12.6. The summed E-state index contributed by atoms with van der Waals surface area (Å²) in [6, 6.07) is 13.7. The molecule has 4 aromatic rings. The van der Waals surface area contributed by atoms with Crippen LogP contribution in [0.5, 0.6) is 5.75 Å². The Morgan fingerprint density at radius 3 is 2.58 bits per heavy atom. The van der Waals surface area contributed by atoms with Crippen molar-refractivity contribution in [1.29, 1.82) is 0 Å². The van der Waals surface area contributed by atoms with Crippen LogP contribution in [0.3, 0.4) is 0 Å². The number of nitrogens with one attached hydrogen (secondary N) is 3. The van der Waals surface area contributed by atoms with Crippen molar-refractivity contribution in [2.24, 2.45) is 0 Å². The Kier molecular flexibility index (Phi) is 5.23. The fourth-order valence-electron chi connectivity index (χ4n) is 3.47. The van der Waals surface area contributed by atoms with Crippen molar-refractivity contribution in [2.45, 2.75) is 6.61 Å². The van der Waals surface area contributed by atoms with Crippen molar-refractivity contribution in [3.8, 4) is 17.0 Å². The predicted octanol–water partition coefficient (Wildman–Crippen LogP) is 4.66. The molecular weight excluding hydrogens is 449 g/mol. The van der Waals surface area contributed by atoms with E-state index in [1.165, 1.54) is 30.5 Å². The molecule has 8 nitrogen and oxygen atoms in total. The molecule has 2 aromatic heterocycles. The Hall–Kier alpha value is -4.24. The lowest BCUT2D eigenvalue weighted by Crippen LogP contribution is -2.16. The SMILES string of the molecule is O=C(Nc1ccc2c(c1)-c1n[nH]c(C(=O)Nc3ccc(F)cc3)c1CO2)c1cccnc1Cl. The number of carbonyl (C=O) groups is 2. The minimum atomic E-state index is -0.432. The third-order valence-electron chi connectivity index (χ3n) is 5.06. The molecular formula is C23H15ClFN5O3. The average Bonchev–Trinajstić information content (AvgIpc) is 3.26. The fraction of sp³-hybridized carbons (Fsp3) is 0.0435. The number of anilines is 2. The molecule has 0 atom stereocenters. The first-order chi connectivity index (χ1) is 16.0. The van der Waals surface area contributed by atoms with Crippen molar-refractivity contribution >= 4 is 34.8 Å². The zero-order chi connectivity index (χ0) is 22.9. The first kappa shape index (κ1) is 20.7. The molecule has 0 radical (unpaired) electrons. The number of hydrogen-bond donors (Lipinski definition) is 3. The van der Waals surface area contributed by atoms with Gasteiger partial charge in [0, 0.05) is 28.7 Å². The number of aromatic amines is 1. The molecule has 0 saturated heterocycles. The molecule has 1 aliphatic heterocycles. The second-order valence-corrected chi connectivity index (χ2v) is 7.54. The van der Waals surface area contributed by atoms with Crippen LogP contribution >= 0.6 is 11.6 Å². The van der Waals surface area contributed by atoms with Crippen molar-refractivity contribution < 1.29 is 18.7 Å². The zero-order valence-electron chi connectivity index (χ0n) is 16.9. The average molecular weight is 464 g/mol. The Bertz CT molecular complexity index is 1390. The summed E-state index contributed by atoms with van der Waals surface area (Å²) in [5.74, 6) is -0.674. The van der Waals surface area contributed by atoms with E-state index in [0.717, 1.165) is 0 Å². The summed E-state index contributed by atoms with van der Waals surface area (Å²) in [4.78, 5) is 29.2. The van der Waals surface area contributed by atoms with E-state index >= 15 is 0 Å². The highest BCUT2D eigenvalue weighted by atomic mass is 35.5. The van der Waals surface area contributed by atoms with Crippen LogP contribution in [0.15, 0.2) is 60.8 Å². The number of amides is 2. The molecule has 2 aromatic carbocycles. The number of nitrogens with zero attached hydrogens (tertiary/aromatic N) is 2. The summed E-state index contributed by atoms with van der Waals surface area (Å²) in [6.45, 7) is 0.141. The van der Waals surface area contributed by atoms with Gasteiger partial charge in [0.05, 0.1) is 5.56 Å². The molecule has 164 valence electrons. The molecule has 3 heterocycles. The highest BCUT2D eigenvalue weighted by molar-refractivity contribution is 6.33. The maximum atomic E-state index is 13.1. The number of benzene rings is 2. The van der Waals surface area contributed by atoms with Crippen LogP contribution < -0.4 is 15.4 Å². The van der Waals surface area contributed by atoms with Crippen LogP contribution in [0.1, 0.15) is 26.4 Å². The van der Waals surface area contributed by atoms with Crippen molar-refractivity contribution in [3.63, 3.8) is 0 Å². The standard InChI is InChI=1S/C23H15ClFN5O3/c24-21-15(2-1-9-26-21)22(31)28-14-7-8-18-16(10-14)19-17(11-33-18)20(30-29-19)23(32)27-13-5-3-12(25)4-6-13/h1-10H,11H2,(H,27,32)(H,28,31)(H,29,30). The number of aromatic nitrogens is 3. The number of H-pyrrole nitrogens is 1. The summed E-state index contributed by atoms with van der Waals surface area (Å²) < 4.78 is 18.9. The summed E-state index contributed by atoms with van der Waals surface area (Å²) >= 11 is 6.00. The van der Waals surface area contributed by atoms with Gasteiger partial charge in [0.1, 0.15) is 34.7 Å². The van der Waals surface area contributed by atoms with E-state index in [4.69, 9.17) is 16.3 Å². The van der Waals surface area contributed by atoms with E-state index in [-0.39, 0.29) is 23.0 Å². The lowest BCUT2D eigenvalue weighted by atomic mass is 10.0. The molecule has 0 fully saturated rings. The number of hydrogen-bond acceptors (Lipinski definition) is 5. The van der Waals surface area contributed by atoms with Gasteiger partial charge in [-0.25, -0.2) is 9.37 Å². The number of rotatable bonds is 4. The number of pyridine rings is 1. The summed E-state index contributed by atoms with van der Waals surface area (Å²) in [6.07, 6.45) is 1.50. The van der Waals surface area contributed by atoms with E-state index in [9.17, 15) is 14.0 Å². The molecule has 0 saturated carbocycles. The minimum Gasteiger partial charge on any atom is -0.488 e. The van der Waals surface area contributed by atoms with Crippen molar-refractivity contribution in [3.05, 3.63) is 88.6 Å². The monoisotopic (exact) mass is 463 g/mol. The van der Waals surface area contributed by atoms with Gasteiger partial charge in [0.25, 0.3) is 11.8 Å². The molecule has 3 N–H and O–H groups in total. The Morgan fingerprint density at radius 2 is 1.79 bits per heavy atom. The topological polar surface area (TPSA) is 109 Å². The van der Waals surface area contributed by atoms with Gasteiger partial charge in [-0.1, -0.05) is 11.6 Å². The largest absolute Gasteiger partial charge is 0.488 e. The van der Waals surface area contributed by atoms with Crippen LogP contribution in [-0.4, -0.2) is 27.0 Å². The molecule has 33 heavy (non-hydrogen) atoms. The number of ether oxygens (including phenoxy) is 1. The Labute approximate surface area is 191 Å². The highest BCUT2D eigenvalue weighted by Crippen LogP contribution is 2.39. The molecule has 2 amide bonds. The van der Waals surface area contributed by atoms with Crippen LogP contribution in [0.2, 0.25) is 5.15 Å². The predicted molar refractivity (Wildman–Crippen MR) is 120 cm³/mol. The van der Waals surface area contributed by atoms with Gasteiger partial charge >= 0.3 is 0 Å². The summed E-state index contributed by atoms with van der Waals surface area (Å²) in [5.41, 5.74) is 3.14. The fourth-order valence-corrected chi connectivity index (χ4v) is 3.67. The van der Waals surface area contributed by atoms with Gasteiger partial charge in [-0.15, -0.1) is 0 Å². The quantitative estimate of drug-likeness (QED) is 0.381. The Balaban J connectivity index is 1.41. The number of halogens is 2. The highest BCUT2D eigenvalue weighted by Gasteiger charge is 2.27. The van der Waals surface area contributed by atoms with E-state index < -0.39 is 17.6 Å². The molecule has 0 unspecified atom stereocenters. The van der Waals surface area contributed by atoms with E-state index in [1.807, 2.05) is 0 Å². The third kappa shape index (κ3) is 4.01. The van der Waals surface area contributed by atoms with E-state index in [0.29, 0.717) is 33.9 Å². The maximum absolute atomic E-state index is 13.1. The molecule has 1 aliphatic rings. The van der Waals surface area contributed by atoms with Crippen molar-refractivity contribution in [1.82, 2.24) is 15.2 Å². The van der Waals surface area contributed by atoms with Crippen LogP contribution in [0, 0.1) is 5.82 Å². The lowest BCUT2D eigenvalue weighted by molar-refractivity contribution is 0.101. The lowest BCUT2D eigenvalue weighted by Gasteiger charge is -2.18. The van der Waals surface area contributed by atoms with Gasteiger partial charge in [-0.05, 0) is 54.6 Å². The second kappa shape index (κ2) is 8.36. The number of carbonyl (C=O) groups excluding carboxylic acids is 2. The van der Waals surface area contributed by atoms with Crippen LogP contribution in [0.25, 0.3) is 11.3 Å². The van der Waals surface area contributed by atoms with Gasteiger partial charge < -0.3 is 15.4 Å². The minimum absolute atomic E-state index is 0.0997. The van der Waals surface area contributed by atoms with E-state index in [2.05, 4.69) is 25.8 Å². The summed E-state index contributed by atoms with van der Waals surface area (Å²) in [7, 11) is 0. The molecule has 0 aliphatic carbocycles. The molecule has 5 rings (SSSR count). The zero-order valence-corrected chi connectivity index (χ0v) is 17.6. The van der Waals surface area contributed by atoms with Crippen molar-refractivity contribution in [2.75, 3.05) is 10.6 Å². The maximum Gasteiger partial charge on any atom is 0.274 e. The van der Waals surface area contributed by atoms with Crippen LogP contribution in [0.4, 0.5) is 15.8 Å². The third-order valence-corrected chi connectivity index (χ3v) is 5.37. The first-order valence-electron chi connectivity index (χ1n) is 9.83. The van der Waals surface area contributed by atoms with Gasteiger partial charge in [-0.2, -0.15) is 5.10 Å². The molecule has 0 spiro atoms. The smallest absolute Gasteiger partial charge is 0.274 e.